The lowest BCUT2D eigenvalue weighted by molar-refractivity contribution is -0.122. The van der Waals surface area contributed by atoms with Crippen LogP contribution in [0.1, 0.15) is 48.5 Å². The van der Waals surface area contributed by atoms with E-state index >= 15 is 0 Å². The molecule has 3 rings (SSSR count). The number of aryl methyl sites for hydroxylation is 2. The van der Waals surface area contributed by atoms with Crippen LogP contribution in [0.3, 0.4) is 0 Å². The van der Waals surface area contributed by atoms with Crippen molar-refractivity contribution < 1.29 is 4.79 Å². The summed E-state index contributed by atoms with van der Waals surface area (Å²) >= 11 is 1.49. The SMILES string of the molecule is CCc1nc2c(=O)n(CC(=O)NCc3ccc(C(C)C)cc3)nc(C)c2s1. The van der Waals surface area contributed by atoms with Crippen molar-refractivity contribution in [3.63, 3.8) is 0 Å². The fourth-order valence-corrected chi connectivity index (χ4v) is 3.76. The lowest BCUT2D eigenvalue weighted by atomic mass is 10.0. The van der Waals surface area contributed by atoms with E-state index in [1.165, 1.54) is 21.6 Å². The predicted molar refractivity (Wildman–Crippen MR) is 108 cm³/mol. The van der Waals surface area contributed by atoms with Gasteiger partial charge in [-0.2, -0.15) is 5.10 Å². The molecule has 0 bridgehead atoms. The van der Waals surface area contributed by atoms with Crippen molar-refractivity contribution in [2.45, 2.75) is 53.1 Å². The van der Waals surface area contributed by atoms with Gasteiger partial charge in [0.15, 0.2) is 5.52 Å². The third kappa shape index (κ3) is 4.24. The Balaban J connectivity index is 1.70. The highest BCUT2D eigenvalue weighted by molar-refractivity contribution is 7.18. The van der Waals surface area contributed by atoms with Gasteiger partial charge in [0, 0.05) is 6.54 Å². The molecule has 1 N–H and O–H groups in total. The Bertz CT molecular complexity index is 1020. The van der Waals surface area contributed by atoms with Crippen LogP contribution in [0.25, 0.3) is 10.2 Å². The summed E-state index contributed by atoms with van der Waals surface area (Å²) in [6.45, 7) is 8.44. The van der Waals surface area contributed by atoms with Crippen molar-refractivity contribution >= 4 is 27.5 Å². The largest absolute Gasteiger partial charge is 0.350 e. The highest BCUT2D eigenvalue weighted by atomic mass is 32.1. The van der Waals surface area contributed by atoms with Gasteiger partial charge in [-0.25, -0.2) is 9.67 Å². The summed E-state index contributed by atoms with van der Waals surface area (Å²) in [6, 6.07) is 8.17. The molecule has 2 heterocycles. The molecule has 0 unspecified atom stereocenters. The molecular formula is C20H24N4O2S. The van der Waals surface area contributed by atoms with E-state index in [1.807, 2.05) is 26.0 Å². The van der Waals surface area contributed by atoms with Gasteiger partial charge in [0.2, 0.25) is 5.91 Å². The zero-order valence-electron chi connectivity index (χ0n) is 16.1. The van der Waals surface area contributed by atoms with Crippen LogP contribution in [0.2, 0.25) is 0 Å². The normalized spacial score (nSPS) is 11.3. The summed E-state index contributed by atoms with van der Waals surface area (Å²) in [7, 11) is 0. The van der Waals surface area contributed by atoms with E-state index in [2.05, 4.69) is 41.4 Å². The summed E-state index contributed by atoms with van der Waals surface area (Å²) < 4.78 is 2.01. The highest BCUT2D eigenvalue weighted by Gasteiger charge is 2.15. The Morgan fingerprint density at radius 1 is 1.26 bits per heavy atom. The molecule has 1 amide bonds. The first-order chi connectivity index (χ1) is 12.9. The molecule has 0 aliphatic heterocycles. The molecule has 0 radical (unpaired) electrons. The molecule has 7 heteroatoms. The number of nitrogens with zero attached hydrogens (tertiary/aromatic N) is 3. The number of amides is 1. The number of rotatable bonds is 6. The maximum atomic E-state index is 12.6. The zero-order valence-corrected chi connectivity index (χ0v) is 16.9. The van der Waals surface area contributed by atoms with Gasteiger partial charge >= 0.3 is 0 Å². The molecule has 0 aliphatic rings. The van der Waals surface area contributed by atoms with Crippen LogP contribution in [0, 0.1) is 6.92 Å². The van der Waals surface area contributed by atoms with Gasteiger partial charge in [0.05, 0.1) is 15.4 Å². The van der Waals surface area contributed by atoms with Crippen LogP contribution in [-0.2, 0) is 24.3 Å². The average molecular weight is 385 g/mol. The number of fused-ring (bicyclic) bond motifs is 1. The maximum Gasteiger partial charge on any atom is 0.294 e. The standard InChI is InChI=1S/C20H24N4O2S/c1-5-17-22-18-19(27-17)13(4)23-24(20(18)26)11-16(25)21-10-14-6-8-15(9-7-14)12(2)3/h6-9,12H,5,10-11H2,1-4H3,(H,21,25). The van der Waals surface area contributed by atoms with Crippen molar-refractivity contribution in [1.29, 1.82) is 0 Å². The summed E-state index contributed by atoms with van der Waals surface area (Å²) in [4.78, 5) is 29.3. The molecule has 0 spiro atoms. The van der Waals surface area contributed by atoms with Crippen molar-refractivity contribution in [3.8, 4) is 0 Å². The number of carbonyl (C=O) groups is 1. The maximum absolute atomic E-state index is 12.6. The molecule has 0 saturated heterocycles. The molecule has 1 aromatic carbocycles. The molecule has 0 atom stereocenters. The second kappa shape index (κ2) is 8.00. The minimum Gasteiger partial charge on any atom is -0.350 e. The summed E-state index contributed by atoms with van der Waals surface area (Å²) in [5.41, 5.74) is 3.09. The van der Waals surface area contributed by atoms with Crippen molar-refractivity contribution in [2.75, 3.05) is 0 Å². The second-order valence-corrected chi connectivity index (χ2v) is 7.94. The third-order valence-electron chi connectivity index (χ3n) is 4.44. The molecule has 142 valence electrons. The number of hydrogen-bond acceptors (Lipinski definition) is 5. The van der Waals surface area contributed by atoms with Gasteiger partial charge in [0.1, 0.15) is 6.54 Å². The fraction of sp³-hybridized carbons (Fsp3) is 0.400. The molecule has 0 aliphatic carbocycles. The van der Waals surface area contributed by atoms with E-state index in [0.717, 1.165) is 27.4 Å². The number of nitrogens with one attached hydrogen (secondary N) is 1. The van der Waals surface area contributed by atoms with Crippen LogP contribution in [-0.4, -0.2) is 20.7 Å². The summed E-state index contributed by atoms with van der Waals surface area (Å²) in [5.74, 6) is 0.228. The Hall–Kier alpha value is -2.54. The summed E-state index contributed by atoms with van der Waals surface area (Å²) in [5, 5.41) is 8.04. The van der Waals surface area contributed by atoms with E-state index in [0.29, 0.717) is 18.0 Å². The van der Waals surface area contributed by atoms with Crippen LogP contribution in [0.4, 0.5) is 0 Å². The van der Waals surface area contributed by atoms with Gasteiger partial charge in [-0.1, -0.05) is 45.0 Å². The van der Waals surface area contributed by atoms with Gasteiger partial charge in [-0.15, -0.1) is 11.3 Å². The topological polar surface area (TPSA) is 76.9 Å². The molecule has 3 aromatic rings. The van der Waals surface area contributed by atoms with Gasteiger partial charge in [-0.05, 0) is 30.4 Å². The summed E-state index contributed by atoms with van der Waals surface area (Å²) in [6.07, 6.45) is 0.772. The predicted octanol–water partition coefficient (Wildman–Crippen LogP) is 3.16. The van der Waals surface area contributed by atoms with Gasteiger partial charge in [0.25, 0.3) is 5.56 Å². The first-order valence-corrected chi connectivity index (χ1v) is 9.93. The smallest absolute Gasteiger partial charge is 0.294 e. The quantitative estimate of drug-likeness (QED) is 0.708. The van der Waals surface area contributed by atoms with Crippen molar-refractivity contribution in [2.24, 2.45) is 0 Å². The van der Waals surface area contributed by atoms with Gasteiger partial charge < -0.3 is 5.32 Å². The minimum absolute atomic E-state index is 0.112. The highest BCUT2D eigenvalue weighted by Crippen LogP contribution is 2.21. The zero-order chi connectivity index (χ0) is 19.6. The first-order valence-electron chi connectivity index (χ1n) is 9.11. The van der Waals surface area contributed by atoms with Gasteiger partial charge in [-0.3, -0.25) is 9.59 Å². The second-order valence-electron chi connectivity index (χ2n) is 6.86. The lowest BCUT2D eigenvalue weighted by Gasteiger charge is -2.09. The van der Waals surface area contributed by atoms with Crippen LogP contribution in [0.15, 0.2) is 29.1 Å². The van der Waals surface area contributed by atoms with Crippen LogP contribution in [0.5, 0.6) is 0 Å². The molecule has 27 heavy (non-hydrogen) atoms. The number of thiazole rings is 1. The average Bonchev–Trinajstić information content (AvgIpc) is 3.10. The van der Waals surface area contributed by atoms with E-state index in [1.54, 1.807) is 0 Å². The molecule has 0 fully saturated rings. The van der Waals surface area contributed by atoms with E-state index in [-0.39, 0.29) is 18.0 Å². The van der Waals surface area contributed by atoms with Crippen LogP contribution < -0.4 is 10.9 Å². The van der Waals surface area contributed by atoms with E-state index in [4.69, 9.17) is 0 Å². The number of carbonyl (C=O) groups excluding carboxylic acids is 1. The lowest BCUT2D eigenvalue weighted by Crippen LogP contribution is -2.33. The fourth-order valence-electron chi connectivity index (χ4n) is 2.82. The molecule has 0 saturated carbocycles. The first kappa shape index (κ1) is 19.2. The molecule has 2 aromatic heterocycles. The Morgan fingerprint density at radius 2 is 1.96 bits per heavy atom. The van der Waals surface area contributed by atoms with Crippen LogP contribution >= 0.6 is 11.3 Å². The van der Waals surface area contributed by atoms with E-state index in [9.17, 15) is 9.59 Å². The third-order valence-corrected chi connectivity index (χ3v) is 5.75. The monoisotopic (exact) mass is 384 g/mol. The van der Waals surface area contributed by atoms with Crippen molar-refractivity contribution in [3.05, 3.63) is 56.4 Å². The number of aromatic nitrogens is 3. The number of benzene rings is 1. The Kier molecular flexibility index (Phi) is 5.70. The molecule has 6 nitrogen and oxygen atoms in total. The Morgan fingerprint density at radius 3 is 2.59 bits per heavy atom. The molecular weight excluding hydrogens is 360 g/mol. The number of hydrogen-bond donors (Lipinski definition) is 1. The van der Waals surface area contributed by atoms with E-state index < -0.39 is 0 Å². The van der Waals surface area contributed by atoms with Crippen molar-refractivity contribution in [1.82, 2.24) is 20.1 Å². The Labute approximate surface area is 162 Å². The minimum atomic E-state index is -0.317.